The maximum atomic E-state index is 12.6. The van der Waals surface area contributed by atoms with Crippen LogP contribution in [-0.4, -0.2) is 45.2 Å². The number of nitrogens with one attached hydrogen (secondary N) is 1. The highest BCUT2D eigenvalue weighted by atomic mass is 35.5. The molecule has 9 heteroatoms. The second-order valence-electron chi connectivity index (χ2n) is 8.52. The number of imidazole rings is 1. The van der Waals surface area contributed by atoms with Gasteiger partial charge in [-0.3, -0.25) is 4.79 Å². The van der Waals surface area contributed by atoms with Crippen molar-refractivity contribution in [1.29, 1.82) is 0 Å². The molecule has 176 valence electrons. The van der Waals surface area contributed by atoms with E-state index < -0.39 is 0 Å². The quantitative estimate of drug-likeness (QED) is 0.410. The Morgan fingerprint density at radius 1 is 1.09 bits per heavy atom. The Hall–Kier alpha value is -2.32. The fourth-order valence-corrected chi connectivity index (χ4v) is 5.70. The number of carbonyl (C=O) groups is 1. The topological polar surface area (TPSA) is 62.5 Å². The van der Waals surface area contributed by atoms with Gasteiger partial charge >= 0.3 is 0 Å². The zero-order chi connectivity index (χ0) is 23.7. The molecule has 5 rings (SSSR count). The second kappa shape index (κ2) is 10.1. The zero-order valence-corrected chi connectivity index (χ0v) is 21.2. The lowest BCUT2D eigenvalue weighted by atomic mass is 10.1. The predicted octanol–water partition coefficient (Wildman–Crippen LogP) is 6.22. The summed E-state index contributed by atoms with van der Waals surface area (Å²) in [7, 11) is 0. The van der Waals surface area contributed by atoms with Gasteiger partial charge in [0.15, 0.2) is 5.17 Å². The molecule has 1 amide bonds. The summed E-state index contributed by atoms with van der Waals surface area (Å²) in [5.41, 5.74) is 3.53. The number of piperidine rings is 1. The first kappa shape index (κ1) is 23.4. The summed E-state index contributed by atoms with van der Waals surface area (Å²) >= 11 is 13.7. The number of amides is 1. The zero-order valence-electron chi connectivity index (χ0n) is 18.9. The minimum absolute atomic E-state index is 0.287. The van der Waals surface area contributed by atoms with Crippen molar-refractivity contribution in [2.45, 2.75) is 32.7 Å². The highest BCUT2D eigenvalue weighted by Gasteiger charge is 2.23. The summed E-state index contributed by atoms with van der Waals surface area (Å²) in [5.74, 6) is 0.722. The monoisotopic (exact) mass is 513 g/mol. The third kappa shape index (κ3) is 5.03. The Bertz CT molecular complexity index is 1290. The van der Waals surface area contributed by atoms with E-state index in [-0.39, 0.29) is 5.91 Å². The molecule has 0 unspecified atom stereocenters. The minimum Gasteiger partial charge on any atom is -0.332 e. The lowest BCUT2D eigenvalue weighted by molar-refractivity contribution is -0.113. The highest BCUT2D eigenvalue weighted by molar-refractivity contribution is 8.18. The number of rotatable bonds is 5. The smallest absolute Gasteiger partial charge is 0.286 e. The molecular formula is C25H25Cl2N5OS. The Balaban J connectivity index is 1.34. The van der Waals surface area contributed by atoms with E-state index in [2.05, 4.69) is 32.8 Å². The largest absolute Gasteiger partial charge is 0.332 e. The van der Waals surface area contributed by atoms with E-state index in [0.29, 0.717) is 25.8 Å². The molecule has 0 aliphatic carbocycles. The fourth-order valence-electron chi connectivity index (χ4n) is 4.39. The van der Waals surface area contributed by atoms with Crippen molar-refractivity contribution in [2.24, 2.45) is 4.99 Å². The first-order chi connectivity index (χ1) is 16.5. The van der Waals surface area contributed by atoms with Crippen LogP contribution in [0, 0.1) is 6.92 Å². The van der Waals surface area contributed by atoms with Gasteiger partial charge in [0.1, 0.15) is 5.82 Å². The lowest BCUT2D eigenvalue weighted by Gasteiger charge is -2.26. The number of hydrogen-bond donors (Lipinski definition) is 1. The van der Waals surface area contributed by atoms with Crippen LogP contribution >= 0.6 is 35.0 Å². The van der Waals surface area contributed by atoms with Crippen LogP contribution < -0.4 is 5.32 Å². The second-order valence-corrected chi connectivity index (χ2v) is 10.4. The van der Waals surface area contributed by atoms with Gasteiger partial charge in [0.2, 0.25) is 0 Å². The predicted molar refractivity (Wildman–Crippen MR) is 143 cm³/mol. The summed E-state index contributed by atoms with van der Waals surface area (Å²) in [5, 5.41) is 4.48. The number of fused-ring (bicyclic) bond motifs is 1. The number of thioether (sulfide) groups is 1. The summed E-state index contributed by atoms with van der Waals surface area (Å²) in [6, 6.07) is 11.3. The number of nitrogens with zero attached hydrogens (tertiary/aromatic N) is 4. The van der Waals surface area contributed by atoms with Gasteiger partial charge in [0.05, 0.1) is 31.7 Å². The number of aromatic nitrogens is 2. The number of likely N-dealkylation sites (tertiary alicyclic amines) is 1. The summed E-state index contributed by atoms with van der Waals surface area (Å²) in [6.45, 7) is 6.35. The number of para-hydroxylation sites is 1. The van der Waals surface area contributed by atoms with Crippen molar-refractivity contribution in [1.82, 2.24) is 14.5 Å². The number of halogens is 2. The molecule has 2 aromatic carbocycles. The Morgan fingerprint density at radius 3 is 2.62 bits per heavy atom. The molecule has 2 aliphatic rings. The average molecular weight is 514 g/mol. The van der Waals surface area contributed by atoms with E-state index in [1.807, 2.05) is 18.2 Å². The van der Waals surface area contributed by atoms with Crippen LogP contribution in [-0.2, 0) is 11.3 Å². The van der Waals surface area contributed by atoms with Crippen LogP contribution in [0.4, 0.5) is 5.69 Å². The van der Waals surface area contributed by atoms with E-state index in [1.165, 1.54) is 44.1 Å². The average Bonchev–Trinajstić information content (AvgIpc) is 3.33. The van der Waals surface area contributed by atoms with Crippen molar-refractivity contribution in [2.75, 3.05) is 25.0 Å². The maximum absolute atomic E-state index is 12.6. The first-order valence-electron chi connectivity index (χ1n) is 11.4. The van der Waals surface area contributed by atoms with Gasteiger partial charge in [-0.1, -0.05) is 41.8 Å². The molecule has 1 N–H and O–H groups in total. The molecule has 1 fully saturated rings. The van der Waals surface area contributed by atoms with Crippen LogP contribution in [0.25, 0.3) is 17.1 Å². The highest BCUT2D eigenvalue weighted by Crippen LogP contribution is 2.35. The molecule has 34 heavy (non-hydrogen) atoms. The van der Waals surface area contributed by atoms with Gasteiger partial charge in [0.25, 0.3) is 5.91 Å². The number of benzene rings is 2. The van der Waals surface area contributed by atoms with Crippen LogP contribution in [0.5, 0.6) is 0 Å². The number of hydrogen-bond acceptors (Lipinski definition) is 5. The Morgan fingerprint density at radius 2 is 1.85 bits per heavy atom. The van der Waals surface area contributed by atoms with E-state index in [0.717, 1.165) is 35.5 Å². The molecule has 0 radical (unpaired) electrons. The first-order valence-corrected chi connectivity index (χ1v) is 13.0. The van der Waals surface area contributed by atoms with Gasteiger partial charge < -0.3 is 14.8 Å². The summed E-state index contributed by atoms with van der Waals surface area (Å²) < 4.78 is 2.28. The minimum atomic E-state index is -0.287. The summed E-state index contributed by atoms with van der Waals surface area (Å²) in [6.07, 6.45) is 5.78. The lowest BCUT2D eigenvalue weighted by Crippen LogP contribution is -2.32. The van der Waals surface area contributed by atoms with Crippen LogP contribution in [0.2, 0.25) is 10.0 Å². The van der Waals surface area contributed by atoms with Gasteiger partial charge in [-0.25, -0.2) is 4.98 Å². The molecule has 6 nitrogen and oxygen atoms in total. The maximum Gasteiger partial charge on any atom is 0.286 e. The fraction of sp³-hybridized carbons (Fsp3) is 0.320. The third-order valence-corrected chi connectivity index (χ3v) is 7.69. The number of aliphatic imine (C=N–C) groups is 1. The normalized spacial score (nSPS) is 18.1. The molecule has 1 aromatic heterocycles. The van der Waals surface area contributed by atoms with Crippen LogP contribution in [0.3, 0.4) is 0 Å². The van der Waals surface area contributed by atoms with Crippen LogP contribution in [0.15, 0.2) is 46.3 Å². The molecule has 1 saturated heterocycles. The van der Waals surface area contributed by atoms with Gasteiger partial charge in [-0.15, -0.1) is 0 Å². The molecule has 3 aromatic rings. The van der Waals surface area contributed by atoms with Crippen molar-refractivity contribution in [3.63, 3.8) is 0 Å². The molecule has 0 saturated carbocycles. The van der Waals surface area contributed by atoms with Gasteiger partial charge in [-0.05, 0) is 80.5 Å². The Labute approximate surface area is 213 Å². The Kier molecular flexibility index (Phi) is 6.97. The molecule has 0 spiro atoms. The number of carbonyl (C=O) groups excluding carboxylic acids is 1. The van der Waals surface area contributed by atoms with Crippen LogP contribution in [0.1, 0.15) is 30.7 Å². The third-order valence-electron chi connectivity index (χ3n) is 6.16. The van der Waals surface area contributed by atoms with E-state index in [9.17, 15) is 4.79 Å². The standard InChI is InChI=1S/C25H25Cl2N5OS/c1-16-28-20-9-8-17(14-21(20)32(16)13-12-31-10-3-2-4-11-31)15-22-24(33)30-25(34-22)29-23-18(26)6-5-7-19(23)27/h5-9,14-15H,2-4,10-13H2,1H3,(H,29,30,33). The van der Waals surface area contributed by atoms with Crippen molar-refractivity contribution >= 4 is 68.8 Å². The van der Waals surface area contributed by atoms with E-state index in [4.69, 9.17) is 28.2 Å². The van der Waals surface area contributed by atoms with E-state index >= 15 is 0 Å². The van der Waals surface area contributed by atoms with Crippen molar-refractivity contribution < 1.29 is 4.79 Å². The van der Waals surface area contributed by atoms with E-state index in [1.54, 1.807) is 18.2 Å². The number of aryl methyl sites for hydroxylation is 1. The number of amidine groups is 1. The molecule has 3 heterocycles. The van der Waals surface area contributed by atoms with Crippen molar-refractivity contribution in [3.05, 3.63) is 62.7 Å². The molecular weight excluding hydrogens is 489 g/mol. The number of anilines is 1. The van der Waals surface area contributed by atoms with Gasteiger partial charge in [-0.2, -0.15) is 4.99 Å². The molecule has 2 aliphatic heterocycles. The molecule has 0 bridgehead atoms. The van der Waals surface area contributed by atoms with Crippen molar-refractivity contribution in [3.8, 4) is 0 Å². The summed E-state index contributed by atoms with van der Waals surface area (Å²) in [4.78, 5) is 24.5. The molecule has 0 atom stereocenters. The SMILES string of the molecule is Cc1nc2ccc(C=C3SC(Nc4c(Cl)cccc4Cl)=NC3=O)cc2n1CCN1CCCCC1. The van der Waals surface area contributed by atoms with Gasteiger partial charge in [0, 0.05) is 13.1 Å².